The third-order valence-corrected chi connectivity index (χ3v) is 8.22. The predicted molar refractivity (Wildman–Crippen MR) is 115 cm³/mol. The molecular formula is C22H33NO7S. The average Bonchev–Trinajstić information content (AvgIpc) is 3.57. The van der Waals surface area contributed by atoms with Crippen LogP contribution in [-0.2, 0) is 23.7 Å². The average molecular weight is 456 g/mol. The molecule has 1 saturated carbocycles. The molecule has 0 aromatic carbocycles. The van der Waals surface area contributed by atoms with Crippen molar-refractivity contribution in [3.63, 3.8) is 0 Å². The van der Waals surface area contributed by atoms with Gasteiger partial charge in [-0.2, -0.15) is 0 Å². The molecule has 0 unspecified atom stereocenters. The zero-order chi connectivity index (χ0) is 22.4. The third kappa shape index (κ3) is 4.60. The summed E-state index contributed by atoms with van der Waals surface area (Å²) < 4.78 is 23.9. The molecule has 0 bridgehead atoms. The normalized spacial score (nSPS) is 39.0. The standard InChI is InChI=1S/C22H33NO7S/c1-13(2)5-6-16-21(3,30-16)19-18(27-4)15(7-8-22(19)12-28-22)29-20(26)23-9-14(10-23)31-11-17(24)25/h5,14-16,18-19H,6-12H2,1-4H3,(H,24,25)/t15-,16-,18-,19-,21+,22+/m1/s1. The molecule has 9 heteroatoms. The lowest BCUT2D eigenvalue weighted by Gasteiger charge is -2.44. The van der Waals surface area contributed by atoms with Crippen LogP contribution >= 0.6 is 11.8 Å². The third-order valence-electron chi connectivity index (χ3n) is 7.04. The summed E-state index contributed by atoms with van der Waals surface area (Å²) in [6.45, 7) is 8.02. The molecule has 6 atom stereocenters. The summed E-state index contributed by atoms with van der Waals surface area (Å²) in [5.74, 6) is -0.780. The van der Waals surface area contributed by atoms with Crippen LogP contribution in [0.4, 0.5) is 4.79 Å². The molecule has 4 rings (SSSR count). The first-order valence-corrected chi connectivity index (χ1v) is 12.0. The Labute approximate surface area is 187 Å². The highest BCUT2D eigenvalue weighted by Crippen LogP contribution is 2.59. The van der Waals surface area contributed by atoms with Gasteiger partial charge >= 0.3 is 12.1 Å². The van der Waals surface area contributed by atoms with Gasteiger partial charge in [-0.05, 0) is 40.0 Å². The number of ether oxygens (including phenoxy) is 4. The number of allylic oxidation sites excluding steroid dienone is 1. The molecule has 1 amide bonds. The molecule has 8 nitrogen and oxygen atoms in total. The maximum absolute atomic E-state index is 12.7. The molecule has 174 valence electrons. The molecule has 3 saturated heterocycles. The lowest BCUT2D eigenvalue weighted by Crippen LogP contribution is -2.58. The second kappa shape index (κ2) is 8.57. The molecule has 1 spiro atoms. The number of rotatable bonds is 8. The van der Waals surface area contributed by atoms with Crippen LogP contribution in [0.5, 0.6) is 0 Å². The van der Waals surface area contributed by atoms with Gasteiger partial charge in [0.15, 0.2) is 0 Å². The van der Waals surface area contributed by atoms with Gasteiger partial charge < -0.3 is 29.0 Å². The fourth-order valence-electron chi connectivity index (χ4n) is 5.16. The minimum atomic E-state index is -0.836. The lowest BCUT2D eigenvalue weighted by molar-refractivity contribution is -0.133. The second-order valence-electron chi connectivity index (χ2n) is 9.53. The topological polar surface area (TPSA) is 101 Å². The molecule has 0 aromatic heterocycles. The van der Waals surface area contributed by atoms with Gasteiger partial charge in [-0.25, -0.2) is 4.79 Å². The van der Waals surface area contributed by atoms with Crippen molar-refractivity contribution < 1.29 is 33.6 Å². The number of aliphatic carboxylic acids is 1. The summed E-state index contributed by atoms with van der Waals surface area (Å²) >= 11 is 1.36. The van der Waals surface area contributed by atoms with Gasteiger partial charge in [0, 0.05) is 25.4 Å². The number of carbonyl (C=O) groups is 2. The van der Waals surface area contributed by atoms with E-state index in [0.29, 0.717) is 26.1 Å². The van der Waals surface area contributed by atoms with Crippen LogP contribution in [0, 0.1) is 5.92 Å². The minimum absolute atomic E-state index is 0.00220. The molecule has 1 aliphatic carbocycles. The number of epoxide rings is 2. The fourth-order valence-corrected chi connectivity index (χ4v) is 6.11. The first kappa shape index (κ1) is 22.9. The number of hydrogen-bond acceptors (Lipinski definition) is 7. The van der Waals surface area contributed by atoms with Crippen LogP contribution in [0.15, 0.2) is 11.6 Å². The summed E-state index contributed by atoms with van der Waals surface area (Å²) in [5, 5.41) is 8.94. The smallest absolute Gasteiger partial charge is 0.410 e. The molecule has 31 heavy (non-hydrogen) atoms. The van der Waals surface area contributed by atoms with E-state index in [-0.39, 0.29) is 52.5 Å². The van der Waals surface area contributed by atoms with Crippen molar-refractivity contribution in [3.8, 4) is 0 Å². The van der Waals surface area contributed by atoms with Gasteiger partial charge in [0.2, 0.25) is 0 Å². The van der Waals surface area contributed by atoms with E-state index in [1.165, 1.54) is 17.3 Å². The van der Waals surface area contributed by atoms with Crippen molar-refractivity contribution in [1.29, 1.82) is 0 Å². The van der Waals surface area contributed by atoms with Crippen molar-refractivity contribution >= 4 is 23.8 Å². The fraction of sp³-hybridized carbons (Fsp3) is 0.818. The maximum atomic E-state index is 12.7. The highest BCUT2D eigenvalue weighted by Gasteiger charge is 2.72. The van der Waals surface area contributed by atoms with Crippen LogP contribution < -0.4 is 0 Å². The summed E-state index contributed by atoms with van der Waals surface area (Å²) in [4.78, 5) is 25.0. The van der Waals surface area contributed by atoms with Gasteiger partial charge in [-0.1, -0.05) is 11.6 Å². The van der Waals surface area contributed by atoms with Gasteiger partial charge in [-0.3, -0.25) is 4.79 Å². The number of thioether (sulfide) groups is 1. The summed E-state index contributed by atoms with van der Waals surface area (Å²) in [7, 11) is 1.67. The number of nitrogens with zero attached hydrogens (tertiary/aromatic N) is 1. The van der Waals surface area contributed by atoms with E-state index in [2.05, 4.69) is 26.8 Å². The molecule has 3 aliphatic heterocycles. The Hall–Kier alpha value is -1.29. The van der Waals surface area contributed by atoms with E-state index in [0.717, 1.165) is 12.8 Å². The maximum Gasteiger partial charge on any atom is 0.410 e. The van der Waals surface area contributed by atoms with Crippen molar-refractivity contribution in [2.75, 3.05) is 32.6 Å². The van der Waals surface area contributed by atoms with Crippen molar-refractivity contribution in [1.82, 2.24) is 4.90 Å². The number of carboxylic acid groups (broad SMARTS) is 1. The number of carboxylic acids is 1. The van der Waals surface area contributed by atoms with Crippen molar-refractivity contribution in [3.05, 3.63) is 11.6 Å². The van der Waals surface area contributed by atoms with E-state index < -0.39 is 5.97 Å². The van der Waals surface area contributed by atoms with Crippen LogP contribution in [0.3, 0.4) is 0 Å². The van der Waals surface area contributed by atoms with Crippen molar-refractivity contribution in [2.24, 2.45) is 5.92 Å². The van der Waals surface area contributed by atoms with Gasteiger partial charge in [-0.15, -0.1) is 11.8 Å². The Morgan fingerprint density at radius 1 is 1.32 bits per heavy atom. The Bertz CT molecular complexity index is 744. The van der Waals surface area contributed by atoms with E-state index in [4.69, 9.17) is 24.1 Å². The largest absolute Gasteiger partial charge is 0.481 e. The van der Waals surface area contributed by atoms with Crippen LogP contribution in [-0.4, -0.2) is 89.4 Å². The Kier molecular flexibility index (Phi) is 6.33. The number of likely N-dealkylation sites (tertiary alicyclic amines) is 1. The van der Waals surface area contributed by atoms with Crippen LogP contribution in [0.25, 0.3) is 0 Å². The SMILES string of the molecule is CO[C@@H]1[C@H](OC(=O)N2CC(SCC(=O)O)C2)CC[C@]2(CO2)[C@H]1[C@@]1(C)O[C@@H]1CC=C(C)C. The summed E-state index contributed by atoms with van der Waals surface area (Å²) in [5.41, 5.74) is 0.667. The Balaban J connectivity index is 1.37. The van der Waals surface area contributed by atoms with Gasteiger partial charge in [0.05, 0.1) is 24.4 Å². The summed E-state index contributed by atoms with van der Waals surface area (Å²) in [6, 6.07) is 0. The lowest BCUT2D eigenvalue weighted by atomic mass is 9.68. The second-order valence-corrected chi connectivity index (χ2v) is 10.8. The van der Waals surface area contributed by atoms with Gasteiger partial charge in [0.1, 0.15) is 23.4 Å². The molecule has 3 heterocycles. The predicted octanol–water partition coefficient (Wildman–Crippen LogP) is 2.70. The first-order valence-electron chi connectivity index (χ1n) is 11.0. The number of methoxy groups -OCH3 is 1. The molecular weight excluding hydrogens is 422 g/mol. The van der Waals surface area contributed by atoms with Crippen LogP contribution in [0.2, 0.25) is 0 Å². The zero-order valence-electron chi connectivity index (χ0n) is 18.7. The van der Waals surface area contributed by atoms with E-state index in [1.54, 1.807) is 12.0 Å². The quantitative estimate of drug-likeness (QED) is 0.440. The summed E-state index contributed by atoms with van der Waals surface area (Å²) in [6.07, 6.45) is 3.68. The van der Waals surface area contributed by atoms with Crippen LogP contribution in [0.1, 0.15) is 40.0 Å². The molecule has 0 aromatic rings. The first-order chi connectivity index (χ1) is 14.7. The molecule has 0 radical (unpaired) electrons. The Morgan fingerprint density at radius 2 is 2.03 bits per heavy atom. The van der Waals surface area contributed by atoms with Gasteiger partial charge in [0.25, 0.3) is 0 Å². The minimum Gasteiger partial charge on any atom is -0.481 e. The Morgan fingerprint density at radius 3 is 2.61 bits per heavy atom. The van der Waals surface area contributed by atoms with Crippen molar-refractivity contribution in [2.45, 2.75) is 74.8 Å². The monoisotopic (exact) mass is 455 g/mol. The van der Waals surface area contributed by atoms with E-state index >= 15 is 0 Å². The number of amides is 1. The molecule has 4 aliphatic rings. The number of carbonyl (C=O) groups excluding carboxylic acids is 1. The zero-order valence-corrected chi connectivity index (χ0v) is 19.5. The number of hydrogen-bond donors (Lipinski definition) is 1. The highest BCUT2D eigenvalue weighted by atomic mass is 32.2. The van der Waals surface area contributed by atoms with E-state index in [1.807, 2.05) is 0 Å². The van der Waals surface area contributed by atoms with E-state index in [9.17, 15) is 9.59 Å². The molecule has 1 N–H and O–H groups in total. The highest BCUT2D eigenvalue weighted by molar-refractivity contribution is 8.00. The molecule has 4 fully saturated rings.